The molecule has 2 rings (SSSR count). The molecule has 1 heterocycles. The van der Waals surface area contributed by atoms with E-state index in [0.717, 1.165) is 18.3 Å². The number of carbonyl (C=O) groups is 2. The Bertz CT molecular complexity index is 761. The average molecular weight is 338 g/mol. The molecule has 0 saturated heterocycles. The Morgan fingerprint density at radius 1 is 1.04 bits per heavy atom. The first-order valence-corrected chi connectivity index (χ1v) is 7.36. The Labute approximate surface area is 137 Å². The zero-order chi connectivity index (χ0) is 18.1. The molecule has 1 aromatic heterocycles. The predicted molar refractivity (Wildman–Crippen MR) is 83.4 cm³/mol. The summed E-state index contributed by atoms with van der Waals surface area (Å²) in [7, 11) is 0. The smallest absolute Gasteiger partial charge is 0.370 e. The van der Waals surface area contributed by atoms with Crippen LogP contribution in [0.1, 0.15) is 32.8 Å². The van der Waals surface area contributed by atoms with E-state index in [-0.39, 0.29) is 30.3 Å². The highest BCUT2D eigenvalue weighted by Gasteiger charge is 2.31. The van der Waals surface area contributed by atoms with Crippen LogP contribution in [0.2, 0.25) is 0 Å². The quantitative estimate of drug-likeness (QED) is 0.851. The molecule has 0 amide bonds. The summed E-state index contributed by atoms with van der Waals surface area (Å²) >= 11 is 0. The molecule has 0 atom stereocenters. The second kappa shape index (κ2) is 6.59. The highest BCUT2D eigenvalue weighted by Crippen LogP contribution is 2.30. The van der Waals surface area contributed by atoms with Crippen molar-refractivity contribution < 1.29 is 22.8 Å². The van der Waals surface area contributed by atoms with Crippen LogP contribution in [0, 0.1) is 0 Å². The van der Waals surface area contributed by atoms with Gasteiger partial charge in [0.2, 0.25) is 0 Å². The maximum absolute atomic E-state index is 12.7. The summed E-state index contributed by atoms with van der Waals surface area (Å²) in [6.45, 7) is 5.00. The molecule has 4 nitrogen and oxygen atoms in total. The van der Waals surface area contributed by atoms with Gasteiger partial charge in [-0.2, -0.15) is 13.2 Å². The Morgan fingerprint density at radius 3 is 2.29 bits per heavy atom. The van der Waals surface area contributed by atoms with Crippen LogP contribution in [0.25, 0.3) is 0 Å². The van der Waals surface area contributed by atoms with Crippen LogP contribution in [0.3, 0.4) is 0 Å². The van der Waals surface area contributed by atoms with E-state index in [1.807, 2.05) is 0 Å². The molecule has 0 saturated carbocycles. The van der Waals surface area contributed by atoms with Crippen molar-refractivity contribution in [1.82, 2.24) is 4.98 Å². The molecule has 0 aromatic carbocycles. The lowest BCUT2D eigenvalue weighted by molar-refractivity contribution is -0.137. The first-order chi connectivity index (χ1) is 11.1. The normalized spacial score (nSPS) is 16.1. The highest BCUT2D eigenvalue weighted by atomic mass is 19.4. The maximum atomic E-state index is 12.7. The standard InChI is InChI=1S/C17H17F3N2O2/c1-9-10(2)16(24)13(11(3)15(9)23)5-7-22-14-8-12(4-6-21-14)17(18,19)20/h4,6,8H,5,7H2,1-3H3,(H,21,22). The Morgan fingerprint density at radius 2 is 1.67 bits per heavy atom. The average Bonchev–Trinajstić information content (AvgIpc) is 2.54. The summed E-state index contributed by atoms with van der Waals surface area (Å²) < 4.78 is 38.0. The van der Waals surface area contributed by atoms with Crippen molar-refractivity contribution in [3.63, 3.8) is 0 Å². The fourth-order valence-corrected chi connectivity index (χ4v) is 2.48. The number of ketones is 2. The molecule has 1 N–H and O–H groups in total. The number of hydrogen-bond acceptors (Lipinski definition) is 4. The summed E-state index contributed by atoms with van der Waals surface area (Å²) in [5, 5.41) is 2.76. The number of allylic oxidation sites excluding steroid dienone is 3. The number of alkyl halides is 3. The largest absolute Gasteiger partial charge is 0.416 e. The number of anilines is 1. The summed E-state index contributed by atoms with van der Waals surface area (Å²) in [5.74, 6) is -0.288. The van der Waals surface area contributed by atoms with Gasteiger partial charge in [-0.1, -0.05) is 0 Å². The monoisotopic (exact) mass is 338 g/mol. The summed E-state index contributed by atoms with van der Waals surface area (Å²) in [6.07, 6.45) is -3.14. The lowest BCUT2D eigenvalue weighted by Crippen LogP contribution is -2.22. The third-order valence-corrected chi connectivity index (χ3v) is 4.08. The number of aromatic nitrogens is 1. The molecule has 7 heteroatoms. The van der Waals surface area contributed by atoms with Crippen LogP contribution in [0.15, 0.2) is 40.6 Å². The lowest BCUT2D eigenvalue weighted by Gasteiger charge is -2.18. The first-order valence-electron chi connectivity index (χ1n) is 7.36. The van der Waals surface area contributed by atoms with E-state index in [1.165, 1.54) is 0 Å². The van der Waals surface area contributed by atoms with Crippen LogP contribution < -0.4 is 5.32 Å². The van der Waals surface area contributed by atoms with Gasteiger partial charge >= 0.3 is 6.18 Å². The molecule has 0 spiro atoms. The predicted octanol–water partition coefficient (Wildman–Crippen LogP) is 3.71. The van der Waals surface area contributed by atoms with Crippen LogP contribution in [-0.4, -0.2) is 23.1 Å². The van der Waals surface area contributed by atoms with E-state index >= 15 is 0 Å². The molecule has 128 valence electrons. The molecule has 24 heavy (non-hydrogen) atoms. The van der Waals surface area contributed by atoms with Crippen LogP contribution in [-0.2, 0) is 15.8 Å². The van der Waals surface area contributed by atoms with E-state index in [9.17, 15) is 22.8 Å². The van der Waals surface area contributed by atoms with E-state index in [2.05, 4.69) is 10.3 Å². The van der Waals surface area contributed by atoms with Crippen LogP contribution >= 0.6 is 0 Å². The van der Waals surface area contributed by atoms with Gasteiger partial charge in [0.1, 0.15) is 5.82 Å². The van der Waals surface area contributed by atoms with Gasteiger partial charge in [-0.15, -0.1) is 0 Å². The van der Waals surface area contributed by atoms with Crippen molar-refractivity contribution in [3.05, 3.63) is 46.2 Å². The molecular weight excluding hydrogens is 321 g/mol. The summed E-state index contributed by atoms with van der Waals surface area (Å²) in [6, 6.07) is 1.79. The number of rotatable bonds is 4. The third kappa shape index (κ3) is 3.55. The van der Waals surface area contributed by atoms with Crippen LogP contribution in [0.4, 0.5) is 19.0 Å². The van der Waals surface area contributed by atoms with E-state index in [1.54, 1.807) is 20.8 Å². The van der Waals surface area contributed by atoms with E-state index < -0.39 is 11.7 Å². The number of Topliss-reactive ketones (excluding diaryl/α,β-unsaturated/α-hetero) is 2. The van der Waals surface area contributed by atoms with Crippen molar-refractivity contribution in [1.29, 1.82) is 0 Å². The van der Waals surface area contributed by atoms with Gasteiger partial charge in [0, 0.05) is 35.0 Å². The molecule has 0 fully saturated rings. The topological polar surface area (TPSA) is 59.1 Å². The molecule has 0 radical (unpaired) electrons. The molecule has 0 bridgehead atoms. The van der Waals surface area contributed by atoms with Crippen molar-refractivity contribution in [2.75, 3.05) is 11.9 Å². The fraction of sp³-hybridized carbons (Fsp3) is 0.353. The van der Waals surface area contributed by atoms with Gasteiger partial charge < -0.3 is 5.32 Å². The van der Waals surface area contributed by atoms with Gasteiger partial charge in [-0.05, 0) is 39.3 Å². The van der Waals surface area contributed by atoms with Gasteiger partial charge in [-0.25, -0.2) is 4.98 Å². The molecule has 0 unspecified atom stereocenters. The number of nitrogens with zero attached hydrogens (tertiary/aromatic N) is 1. The number of hydrogen-bond donors (Lipinski definition) is 1. The fourth-order valence-electron chi connectivity index (χ4n) is 2.48. The van der Waals surface area contributed by atoms with Crippen molar-refractivity contribution >= 4 is 17.4 Å². The van der Waals surface area contributed by atoms with Gasteiger partial charge in [-0.3, -0.25) is 9.59 Å². The van der Waals surface area contributed by atoms with E-state index in [4.69, 9.17) is 0 Å². The minimum Gasteiger partial charge on any atom is -0.370 e. The zero-order valence-electron chi connectivity index (χ0n) is 13.5. The molecular formula is C17H17F3N2O2. The van der Waals surface area contributed by atoms with Gasteiger partial charge in [0.25, 0.3) is 0 Å². The lowest BCUT2D eigenvalue weighted by atomic mass is 9.84. The number of nitrogens with one attached hydrogen (secondary N) is 1. The minimum absolute atomic E-state index is 0.0705. The number of pyridine rings is 1. The Hall–Kier alpha value is -2.44. The van der Waals surface area contributed by atoms with E-state index in [0.29, 0.717) is 22.3 Å². The SMILES string of the molecule is CC1=C(C)C(=O)C(CCNc2cc(C(F)(F)F)ccn2)=C(C)C1=O. The number of halogens is 3. The van der Waals surface area contributed by atoms with Crippen molar-refractivity contribution in [2.45, 2.75) is 33.4 Å². The second-order valence-electron chi connectivity index (χ2n) is 5.62. The van der Waals surface area contributed by atoms with Crippen molar-refractivity contribution in [2.24, 2.45) is 0 Å². The van der Waals surface area contributed by atoms with Gasteiger partial charge in [0.05, 0.1) is 5.56 Å². The highest BCUT2D eigenvalue weighted by molar-refractivity contribution is 6.24. The molecule has 1 aliphatic rings. The third-order valence-electron chi connectivity index (χ3n) is 4.08. The maximum Gasteiger partial charge on any atom is 0.416 e. The van der Waals surface area contributed by atoms with Gasteiger partial charge in [0.15, 0.2) is 11.6 Å². The Balaban J connectivity index is 2.07. The molecule has 1 aliphatic carbocycles. The Kier molecular flexibility index (Phi) is 4.91. The first kappa shape index (κ1) is 17.9. The number of carbonyl (C=O) groups excluding carboxylic acids is 2. The van der Waals surface area contributed by atoms with Crippen LogP contribution in [0.5, 0.6) is 0 Å². The second-order valence-corrected chi connectivity index (χ2v) is 5.62. The molecule has 0 aliphatic heterocycles. The summed E-state index contributed by atoms with van der Waals surface area (Å²) in [5.41, 5.74) is 0.838. The van der Waals surface area contributed by atoms with Crippen molar-refractivity contribution in [3.8, 4) is 0 Å². The summed E-state index contributed by atoms with van der Waals surface area (Å²) in [4.78, 5) is 28.1. The zero-order valence-corrected chi connectivity index (χ0v) is 13.5. The minimum atomic E-state index is -4.44. The molecule has 1 aromatic rings.